The molecule has 0 radical (unpaired) electrons. The van der Waals surface area contributed by atoms with Gasteiger partial charge >= 0.3 is 0 Å². The van der Waals surface area contributed by atoms with Crippen molar-refractivity contribution in [2.45, 2.75) is 25.8 Å². The molecule has 0 aromatic heterocycles. The van der Waals surface area contributed by atoms with Gasteiger partial charge in [0.15, 0.2) is 0 Å². The predicted octanol–water partition coefficient (Wildman–Crippen LogP) is 5.51. The van der Waals surface area contributed by atoms with Crippen LogP contribution in [-0.2, 0) is 14.8 Å². The van der Waals surface area contributed by atoms with Crippen LogP contribution in [0.2, 0.25) is 0 Å². The molecule has 1 aliphatic heterocycles. The van der Waals surface area contributed by atoms with Gasteiger partial charge in [-0.15, -0.1) is 0 Å². The van der Waals surface area contributed by atoms with Gasteiger partial charge in [-0.05, 0) is 61.2 Å². The summed E-state index contributed by atoms with van der Waals surface area (Å²) in [5.41, 5.74) is 3.74. The minimum atomic E-state index is -3.51. The van der Waals surface area contributed by atoms with Crippen LogP contribution in [0.5, 0.6) is 0 Å². The molecule has 1 aliphatic rings. The second-order valence-electron chi connectivity index (χ2n) is 8.78. The number of piperidine rings is 1. The van der Waals surface area contributed by atoms with E-state index in [-0.39, 0.29) is 17.9 Å². The Balaban J connectivity index is 1.27. The minimum absolute atomic E-state index is 0.0692. The topological polar surface area (TPSA) is 78.5 Å². The second kappa shape index (κ2) is 11.3. The zero-order valence-corrected chi connectivity index (χ0v) is 20.6. The summed E-state index contributed by atoms with van der Waals surface area (Å²) in [5.74, 6) is -0.282. The first-order valence-corrected chi connectivity index (χ1v) is 13.4. The van der Waals surface area contributed by atoms with Crippen LogP contribution in [0.15, 0.2) is 90.3 Å². The number of carbonyl (C=O) groups excluding carboxylic acids is 1. The van der Waals surface area contributed by atoms with Crippen molar-refractivity contribution >= 4 is 33.4 Å². The van der Waals surface area contributed by atoms with Crippen molar-refractivity contribution < 1.29 is 13.2 Å². The van der Waals surface area contributed by atoms with E-state index in [0.717, 1.165) is 16.9 Å². The quantitative estimate of drug-likeness (QED) is 0.437. The molecule has 1 heterocycles. The maximum Gasteiger partial charge on any atom is 0.236 e. The smallest absolute Gasteiger partial charge is 0.236 e. The Morgan fingerprint density at radius 1 is 0.886 bits per heavy atom. The Labute approximate surface area is 207 Å². The largest absolute Gasteiger partial charge is 0.379 e. The molecule has 2 N–H and O–H groups in total. The van der Waals surface area contributed by atoms with Crippen LogP contribution in [-0.4, -0.2) is 31.7 Å². The van der Waals surface area contributed by atoms with Crippen molar-refractivity contribution in [1.82, 2.24) is 4.31 Å². The van der Waals surface area contributed by atoms with Crippen molar-refractivity contribution in [3.8, 4) is 0 Å². The fourth-order valence-electron chi connectivity index (χ4n) is 4.16. The van der Waals surface area contributed by atoms with Crippen LogP contribution in [0.4, 0.5) is 11.4 Å². The summed E-state index contributed by atoms with van der Waals surface area (Å²) in [6, 6.07) is 27.4. The number of anilines is 2. The van der Waals surface area contributed by atoms with E-state index >= 15 is 0 Å². The molecule has 0 bridgehead atoms. The molecule has 3 aromatic carbocycles. The second-order valence-corrected chi connectivity index (χ2v) is 10.6. The zero-order chi connectivity index (χ0) is 24.7. The maximum absolute atomic E-state index is 12.8. The van der Waals surface area contributed by atoms with E-state index in [9.17, 15) is 13.2 Å². The molecule has 1 atom stereocenters. The lowest BCUT2D eigenvalue weighted by molar-refractivity contribution is -0.120. The monoisotopic (exact) mass is 489 g/mol. The summed E-state index contributed by atoms with van der Waals surface area (Å²) in [5, 5.41) is 7.68. The van der Waals surface area contributed by atoms with E-state index < -0.39 is 10.0 Å². The van der Waals surface area contributed by atoms with Crippen LogP contribution in [0.1, 0.15) is 36.9 Å². The van der Waals surface area contributed by atoms with Crippen LogP contribution in [0.25, 0.3) is 6.08 Å². The van der Waals surface area contributed by atoms with Crippen LogP contribution in [0.3, 0.4) is 0 Å². The molecule has 0 saturated carbocycles. The Bertz CT molecular complexity index is 1240. The average molecular weight is 490 g/mol. The predicted molar refractivity (Wildman–Crippen MR) is 142 cm³/mol. The van der Waals surface area contributed by atoms with Crippen molar-refractivity contribution in [1.29, 1.82) is 0 Å². The van der Waals surface area contributed by atoms with Gasteiger partial charge in [0.2, 0.25) is 15.9 Å². The number of hydrogen-bond acceptors (Lipinski definition) is 4. The molecule has 1 amide bonds. The number of sulfonamides is 1. The van der Waals surface area contributed by atoms with Gasteiger partial charge in [0.25, 0.3) is 0 Å². The molecule has 0 spiro atoms. The first-order valence-electron chi connectivity index (χ1n) is 11.9. The fraction of sp³-hybridized carbons (Fsp3) is 0.250. The van der Waals surface area contributed by atoms with Crippen molar-refractivity contribution in [2.24, 2.45) is 5.92 Å². The molecular formula is C28H31N3O3S. The van der Waals surface area contributed by atoms with Crippen LogP contribution in [0, 0.1) is 5.92 Å². The lowest BCUT2D eigenvalue weighted by Crippen LogP contribution is -2.40. The van der Waals surface area contributed by atoms with E-state index in [1.807, 2.05) is 72.8 Å². The highest BCUT2D eigenvalue weighted by atomic mass is 32.2. The summed E-state index contributed by atoms with van der Waals surface area (Å²) in [6.45, 7) is 2.77. The molecule has 0 aliphatic carbocycles. The van der Waals surface area contributed by atoms with Crippen molar-refractivity contribution in [3.63, 3.8) is 0 Å². The maximum atomic E-state index is 12.8. The van der Waals surface area contributed by atoms with Gasteiger partial charge < -0.3 is 10.6 Å². The SMILES string of the molecule is CC(Nc1ccc(NC(=O)C2CCN(S(=O)(=O)/C=C/c3ccccc3)CC2)cc1)c1ccccc1. The van der Waals surface area contributed by atoms with E-state index in [4.69, 9.17) is 0 Å². The number of nitrogens with zero attached hydrogens (tertiary/aromatic N) is 1. The lowest BCUT2D eigenvalue weighted by Gasteiger charge is -2.29. The summed E-state index contributed by atoms with van der Waals surface area (Å²) in [6.07, 6.45) is 2.60. The van der Waals surface area contributed by atoms with Crippen LogP contribution >= 0.6 is 0 Å². The number of benzene rings is 3. The van der Waals surface area contributed by atoms with E-state index in [1.165, 1.54) is 15.3 Å². The number of amides is 1. The molecular weight excluding hydrogens is 458 g/mol. The standard InChI is InChI=1S/C28H31N3O3S/c1-22(24-10-6-3-7-11-24)29-26-12-14-27(15-13-26)30-28(32)25-16-19-31(20-17-25)35(33,34)21-18-23-8-4-2-5-9-23/h2-15,18,21-22,25,29H,16-17,19-20H2,1H3,(H,30,32)/b21-18+. The van der Waals surface area contributed by atoms with Crippen molar-refractivity contribution in [2.75, 3.05) is 23.7 Å². The third-order valence-corrected chi connectivity index (χ3v) is 7.82. The molecule has 7 heteroatoms. The van der Waals surface area contributed by atoms with Gasteiger partial charge in [-0.3, -0.25) is 4.79 Å². The first-order chi connectivity index (χ1) is 16.9. The molecule has 1 unspecified atom stereocenters. The van der Waals surface area contributed by atoms with Gasteiger partial charge in [-0.1, -0.05) is 60.7 Å². The molecule has 3 aromatic rings. The third kappa shape index (κ3) is 6.81. The Morgan fingerprint density at radius 3 is 2.09 bits per heavy atom. The number of hydrogen-bond donors (Lipinski definition) is 2. The van der Waals surface area contributed by atoms with Gasteiger partial charge in [-0.2, -0.15) is 4.31 Å². The highest BCUT2D eigenvalue weighted by Gasteiger charge is 2.30. The number of nitrogens with one attached hydrogen (secondary N) is 2. The molecule has 6 nitrogen and oxygen atoms in total. The van der Waals surface area contributed by atoms with Crippen LogP contribution < -0.4 is 10.6 Å². The van der Waals surface area contributed by atoms with Gasteiger partial charge in [0, 0.05) is 41.8 Å². The average Bonchev–Trinajstić information content (AvgIpc) is 2.90. The molecule has 4 rings (SSSR count). The van der Waals surface area contributed by atoms with E-state index in [2.05, 4.69) is 29.7 Å². The molecule has 35 heavy (non-hydrogen) atoms. The Hall–Kier alpha value is -3.42. The van der Waals surface area contributed by atoms with E-state index in [1.54, 1.807) is 6.08 Å². The summed E-state index contributed by atoms with van der Waals surface area (Å²) >= 11 is 0. The molecule has 1 fully saturated rings. The summed E-state index contributed by atoms with van der Waals surface area (Å²) in [7, 11) is -3.51. The first kappa shape index (κ1) is 24.7. The normalized spacial score (nSPS) is 16.1. The van der Waals surface area contributed by atoms with E-state index in [0.29, 0.717) is 25.9 Å². The van der Waals surface area contributed by atoms with Gasteiger partial charge in [0.05, 0.1) is 0 Å². The van der Waals surface area contributed by atoms with Gasteiger partial charge in [0.1, 0.15) is 0 Å². The molecule has 182 valence electrons. The summed E-state index contributed by atoms with van der Waals surface area (Å²) < 4.78 is 26.8. The molecule has 1 saturated heterocycles. The zero-order valence-electron chi connectivity index (χ0n) is 19.8. The Morgan fingerprint density at radius 2 is 1.46 bits per heavy atom. The van der Waals surface area contributed by atoms with Crippen molar-refractivity contribution in [3.05, 3.63) is 101 Å². The fourth-order valence-corrected chi connectivity index (χ4v) is 5.38. The number of carbonyl (C=O) groups is 1. The summed E-state index contributed by atoms with van der Waals surface area (Å²) in [4.78, 5) is 12.8. The number of rotatable bonds is 8. The highest BCUT2D eigenvalue weighted by Crippen LogP contribution is 2.24. The third-order valence-electron chi connectivity index (χ3n) is 6.25. The minimum Gasteiger partial charge on any atom is -0.379 e. The lowest BCUT2D eigenvalue weighted by atomic mass is 9.97. The highest BCUT2D eigenvalue weighted by molar-refractivity contribution is 7.92. The van der Waals surface area contributed by atoms with Gasteiger partial charge in [-0.25, -0.2) is 8.42 Å². The Kier molecular flexibility index (Phi) is 8.00.